The van der Waals surface area contributed by atoms with Crippen LogP contribution in [0.3, 0.4) is 0 Å². The van der Waals surface area contributed by atoms with Gasteiger partial charge in [-0.1, -0.05) is 23.7 Å². The van der Waals surface area contributed by atoms with Gasteiger partial charge >= 0.3 is 0 Å². The SMILES string of the molecule is CC(F)(c1ccc(Cl)cc1)C1CCNCC1. The molecule has 2 rings (SSSR count). The first kappa shape index (κ1) is 11.9. The summed E-state index contributed by atoms with van der Waals surface area (Å²) in [4.78, 5) is 0. The fourth-order valence-corrected chi connectivity index (χ4v) is 2.50. The van der Waals surface area contributed by atoms with Gasteiger partial charge in [-0.2, -0.15) is 0 Å². The first-order valence-electron chi connectivity index (χ1n) is 5.76. The van der Waals surface area contributed by atoms with E-state index in [0.29, 0.717) is 5.02 Å². The fourth-order valence-electron chi connectivity index (χ4n) is 2.38. The molecule has 1 aromatic carbocycles. The maximum absolute atomic E-state index is 14.8. The molecule has 88 valence electrons. The molecule has 0 bridgehead atoms. The van der Waals surface area contributed by atoms with Gasteiger partial charge in [-0.15, -0.1) is 0 Å². The standard InChI is InChI=1S/C13H17ClFN/c1-13(15,11-6-8-16-9-7-11)10-2-4-12(14)5-3-10/h2-5,11,16H,6-9H2,1H3. The minimum atomic E-state index is -1.24. The predicted octanol–water partition coefficient (Wildman–Crippen LogP) is 3.52. The number of piperidine rings is 1. The van der Waals surface area contributed by atoms with Gasteiger partial charge in [-0.3, -0.25) is 0 Å². The van der Waals surface area contributed by atoms with E-state index in [0.717, 1.165) is 31.5 Å². The molecule has 1 fully saturated rings. The second-order valence-electron chi connectivity index (χ2n) is 4.61. The molecular formula is C13H17ClFN. The smallest absolute Gasteiger partial charge is 0.136 e. The summed E-state index contributed by atoms with van der Waals surface area (Å²) in [6.45, 7) is 3.52. The highest BCUT2D eigenvalue weighted by Gasteiger charge is 2.36. The molecule has 1 heterocycles. The molecule has 0 aromatic heterocycles. The molecule has 1 aliphatic rings. The van der Waals surface area contributed by atoms with Crippen molar-refractivity contribution in [3.05, 3.63) is 34.9 Å². The molecule has 0 spiro atoms. The van der Waals surface area contributed by atoms with E-state index in [-0.39, 0.29) is 5.92 Å². The summed E-state index contributed by atoms with van der Waals surface area (Å²) in [6, 6.07) is 7.11. The Morgan fingerprint density at radius 1 is 1.25 bits per heavy atom. The largest absolute Gasteiger partial charge is 0.317 e. The van der Waals surface area contributed by atoms with Crippen LogP contribution in [-0.4, -0.2) is 13.1 Å². The lowest BCUT2D eigenvalue weighted by molar-refractivity contribution is 0.0773. The van der Waals surface area contributed by atoms with E-state index < -0.39 is 5.67 Å². The molecule has 1 aromatic rings. The number of halogens is 2. The van der Waals surface area contributed by atoms with Crippen molar-refractivity contribution in [2.45, 2.75) is 25.4 Å². The Bertz CT molecular complexity index is 341. The van der Waals surface area contributed by atoms with Crippen LogP contribution in [0.25, 0.3) is 0 Å². The molecule has 16 heavy (non-hydrogen) atoms. The van der Waals surface area contributed by atoms with Crippen LogP contribution in [0.2, 0.25) is 5.02 Å². The quantitative estimate of drug-likeness (QED) is 0.836. The fraction of sp³-hybridized carbons (Fsp3) is 0.538. The Morgan fingerprint density at radius 2 is 1.81 bits per heavy atom. The van der Waals surface area contributed by atoms with Crippen LogP contribution in [-0.2, 0) is 5.67 Å². The Labute approximate surface area is 101 Å². The van der Waals surface area contributed by atoms with E-state index in [9.17, 15) is 4.39 Å². The van der Waals surface area contributed by atoms with Gasteiger partial charge in [0.1, 0.15) is 5.67 Å². The Hall–Kier alpha value is -0.600. The zero-order chi connectivity index (χ0) is 11.6. The van der Waals surface area contributed by atoms with Crippen molar-refractivity contribution < 1.29 is 4.39 Å². The summed E-state index contributed by atoms with van der Waals surface area (Å²) in [5.41, 5.74) is -0.504. The van der Waals surface area contributed by atoms with E-state index in [1.165, 1.54) is 0 Å². The molecular weight excluding hydrogens is 225 g/mol. The van der Waals surface area contributed by atoms with Gasteiger partial charge in [0.15, 0.2) is 0 Å². The van der Waals surface area contributed by atoms with Crippen molar-refractivity contribution in [1.29, 1.82) is 0 Å². The number of benzene rings is 1. The lowest BCUT2D eigenvalue weighted by atomic mass is 9.79. The number of rotatable bonds is 2. The van der Waals surface area contributed by atoms with Gasteiger partial charge in [-0.25, -0.2) is 4.39 Å². The Kier molecular flexibility index (Phi) is 3.50. The van der Waals surface area contributed by atoms with E-state index in [1.54, 1.807) is 31.2 Å². The summed E-state index contributed by atoms with van der Waals surface area (Å²) in [5.74, 6) is 0.106. The topological polar surface area (TPSA) is 12.0 Å². The summed E-state index contributed by atoms with van der Waals surface area (Å²) >= 11 is 5.82. The van der Waals surface area contributed by atoms with Crippen LogP contribution < -0.4 is 5.32 Å². The highest BCUT2D eigenvalue weighted by Crippen LogP contribution is 2.38. The average Bonchev–Trinajstić information content (AvgIpc) is 2.31. The molecule has 1 atom stereocenters. The van der Waals surface area contributed by atoms with Gasteiger partial charge in [0, 0.05) is 5.02 Å². The van der Waals surface area contributed by atoms with Gasteiger partial charge < -0.3 is 5.32 Å². The second-order valence-corrected chi connectivity index (χ2v) is 5.04. The monoisotopic (exact) mass is 241 g/mol. The number of hydrogen-bond donors (Lipinski definition) is 1. The first-order chi connectivity index (χ1) is 7.60. The van der Waals surface area contributed by atoms with Crippen LogP contribution in [0.4, 0.5) is 4.39 Å². The average molecular weight is 242 g/mol. The highest BCUT2D eigenvalue weighted by atomic mass is 35.5. The summed E-state index contributed by atoms with van der Waals surface area (Å²) in [6.07, 6.45) is 1.80. The van der Waals surface area contributed by atoms with Crippen molar-refractivity contribution in [3.63, 3.8) is 0 Å². The third-order valence-electron chi connectivity index (χ3n) is 3.51. The van der Waals surface area contributed by atoms with Gasteiger partial charge in [0.2, 0.25) is 0 Å². The molecule has 0 saturated carbocycles. The predicted molar refractivity (Wildman–Crippen MR) is 65.5 cm³/mol. The molecule has 0 aliphatic carbocycles. The van der Waals surface area contributed by atoms with Crippen molar-refractivity contribution in [1.82, 2.24) is 5.32 Å². The van der Waals surface area contributed by atoms with Crippen molar-refractivity contribution in [2.75, 3.05) is 13.1 Å². The van der Waals surface area contributed by atoms with Crippen LogP contribution >= 0.6 is 11.6 Å². The minimum Gasteiger partial charge on any atom is -0.317 e. The third kappa shape index (κ3) is 2.38. The molecule has 1 N–H and O–H groups in total. The van der Waals surface area contributed by atoms with Crippen molar-refractivity contribution in [3.8, 4) is 0 Å². The zero-order valence-electron chi connectivity index (χ0n) is 9.47. The minimum absolute atomic E-state index is 0.106. The molecule has 1 saturated heterocycles. The third-order valence-corrected chi connectivity index (χ3v) is 3.77. The number of nitrogens with one attached hydrogen (secondary N) is 1. The second kappa shape index (κ2) is 4.72. The Balaban J connectivity index is 2.19. The van der Waals surface area contributed by atoms with Crippen LogP contribution in [0.5, 0.6) is 0 Å². The summed E-state index contributed by atoms with van der Waals surface area (Å²) in [7, 11) is 0. The lowest BCUT2D eigenvalue weighted by Crippen LogP contribution is -2.37. The van der Waals surface area contributed by atoms with E-state index in [1.807, 2.05) is 0 Å². The van der Waals surface area contributed by atoms with Crippen molar-refractivity contribution >= 4 is 11.6 Å². The first-order valence-corrected chi connectivity index (χ1v) is 6.14. The molecule has 3 heteroatoms. The highest BCUT2D eigenvalue weighted by molar-refractivity contribution is 6.30. The lowest BCUT2D eigenvalue weighted by Gasteiger charge is -2.34. The van der Waals surface area contributed by atoms with Crippen molar-refractivity contribution in [2.24, 2.45) is 5.92 Å². The maximum Gasteiger partial charge on any atom is 0.136 e. The summed E-state index contributed by atoms with van der Waals surface area (Å²) < 4.78 is 14.8. The van der Waals surface area contributed by atoms with Gasteiger partial charge in [0.05, 0.1) is 0 Å². The number of alkyl halides is 1. The zero-order valence-corrected chi connectivity index (χ0v) is 10.2. The molecule has 1 nitrogen and oxygen atoms in total. The normalized spacial score (nSPS) is 21.7. The van der Waals surface area contributed by atoms with Crippen LogP contribution in [0.1, 0.15) is 25.3 Å². The Morgan fingerprint density at radius 3 is 2.38 bits per heavy atom. The molecule has 1 aliphatic heterocycles. The van der Waals surface area contributed by atoms with E-state index >= 15 is 0 Å². The number of hydrogen-bond acceptors (Lipinski definition) is 1. The molecule has 0 amide bonds. The molecule has 0 radical (unpaired) electrons. The van der Waals surface area contributed by atoms with E-state index in [2.05, 4.69) is 5.32 Å². The van der Waals surface area contributed by atoms with Crippen LogP contribution in [0, 0.1) is 5.92 Å². The van der Waals surface area contributed by atoms with E-state index in [4.69, 9.17) is 11.6 Å². The maximum atomic E-state index is 14.8. The van der Waals surface area contributed by atoms with Gasteiger partial charge in [-0.05, 0) is 56.5 Å². The van der Waals surface area contributed by atoms with Crippen LogP contribution in [0.15, 0.2) is 24.3 Å². The molecule has 1 unspecified atom stereocenters. The van der Waals surface area contributed by atoms with Gasteiger partial charge in [0.25, 0.3) is 0 Å². The summed E-state index contributed by atoms with van der Waals surface area (Å²) in [5, 5.41) is 3.92.